The van der Waals surface area contributed by atoms with Gasteiger partial charge in [0, 0.05) is 17.4 Å². The van der Waals surface area contributed by atoms with Crippen LogP contribution in [0.3, 0.4) is 0 Å². The number of rotatable bonds is 6. The van der Waals surface area contributed by atoms with E-state index >= 15 is 0 Å². The van der Waals surface area contributed by atoms with Gasteiger partial charge in [0.2, 0.25) is 11.7 Å². The monoisotopic (exact) mass is 408 g/mol. The van der Waals surface area contributed by atoms with E-state index in [-0.39, 0.29) is 24.2 Å². The van der Waals surface area contributed by atoms with E-state index in [4.69, 9.17) is 14.0 Å². The van der Waals surface area contributed by atoms with Gasteiger partial charge in [-0.2, -0.15) is 16.3 Å². The van der Waals surface area contributed by atoms with Crippen LogP contribution >= 0.6 is 11.3 Å². The van der Waals surface area contributed by atoms with Crippen molar-refractivity contribution in [1.82, 2.24) is 10.1 Å². The summed E-state index contributed by atoms with van der Waals surface area (Å²) >= 11 is 1.54. The minimum Gasteiger partial charge on any atom is -0.465 e. The Morgan fingerprint density at radius 3 is 2.66 bits per heavy atom. The van der Waals surface area contributed by atoms with Crippen LogP contribution < -0.4 is 4.74 Å². The topological polar surface area (TPSA) is 91.5 Å². The van der Waals surface area contributed by atoms with Gasteiger partial charge in [0.1, 0.15) is 11.3 Å². The lowest BCUT2D eigenvalue weighted by Gasteiger charge is -2.10. The lowest BCUT2D eigenvalue weighted by atomic mass is 10.1. The summed E-state index contributed by atoms with van der Waals surface area (Å²) in [7, 11) is 1.28. The van der Waals surface area contributed by atoms with Crippen LogP contribution in [-0.4, -0.2) is 29.2 Å². The number of thiophene rings is 1. The lowest BCUT2D eigenvalue weighted by Crippen LogP contribution is -2.13. The summed E-state index contributed by atoms with van der Waals surface area (Å²) in [5, 5.41) is 9.44. The molecule has 0 saturated heterocycles. The van der Waals surface area contributed by atoms with Crippen LogP contribution in [-0.2, 0) is 16.0 Å². The molecule has 7 nitrogen and oxygen atoms in total. The Morgan fingerprint density at radius 1 is 1.14 bits per heavy atom. The van der Waals surface area contributed by atoms with Crippen molar-refractivity contribution in [3.63, 3.8) is 0 Å². The average Bonchev–Trinajstić information content (AvgIpc) is 3.43. The molecule has 0 bridgehead atoms. The first-order valence-corrected chi connectivity index (χ1v) is 9.75. The molecule has 2 aromatic carbocycles. The molecule has 0 unspecified atom stereocenters. The van der Waals surface area contributed by atoms with Gasteiger partial charge >= 0.3 is 11.9 Å². The van der Waals surface area contributed by atoms with Crippen molar-refractivity contribution in [2.24, 2.45) is 0 Å². The highest BCUT2D eigenvalue weighted by Gasteiger charge is 2.18. The second-order valence-corrected chi connectivity index (χ2v) is 6.96. The Bertz CT molecular complexity index is 1170. The molecule has 0 atom stereocenters. The number of hydrogen-bond acceptors (Lipinski definition) is 8. The van der Waals surface area contributed by atoms with Crippen LogP contribution in [0.15, 0.2) is 57.7 Å². The molecule has 0 spiro atoms. The molecule has 0 aliphatic carbocycles. The van der Waals surface area contributed by atoms with Gasteiger partial charge in [0.25, 0.3) is 0 Å². The maximum absolute atomic E-state index is 12.4. The van der Waals surface area contributed by atoms with Crippen LogP contribution in [0.4, 0.5) is 0 Å². The Morgan fingerprint density at radius 2 is 1.93 bits per heavy atom. The second kappa shape index (κ2) is 8.24. The van der Waals surface area contributed by atoms with Crippen LogP contribution in [0.2, 0.25) is 0 Å². The number of hydrogen-bond donors (Lipinski definition) is 0. The molecular weight excluding hydrogens is 392 g/mol. The molecule has 29 heavy (non-hydrogen) atoms. The van der Waals surface area contributed by atoms with Crippen molar-refractivity contribution in [3.05, 3.63) is 64.7 Å². The van der Waals surface area contributed by atoms with Gasteiger partial charge in [-0.15, -0.1) is 0 Å². The number of methoxy groups -OCH3 is 1. The van der Waals surface area contributed by atoms with E-state index < -0.39 is 11.9 Å². The molecule has 2 aromatic heterocycles. The van der Waals surface area contributed by atoms with Crippen LogP contribution in [0.25, 0.3) is 22.2 Å². The predicted octanol–water partition coefficient (Wildman–Crippen LogP) is 4.28. The highest BCUT2D eigenvalue weighted by atomic mass is 32.1. The van der Waals surface area contributed by atoms with Crippen LogP contribution in [0.5, 0.6) is 5.75 Å². The lowest BCUT2D eigenvalue weighted by molar-refractivity contribution is -0.134. The highest BCUT2D eigenvalue weighted by molar-refractivity contribution is 7.08. The van der Waals surface area contributed by atoms with E-state index in [1.165, 1.54) is 18.4 Å². The van der Waals surface area contributed by atoms with E-state index in [2.05, 4.69) is 10.1 Å². The third kappa shape index (κ3) is 4.17. The molecule has 4 rings (SSSR count). The zero-order valence-electron chi connectivity index (χ0n) is 15.5. The van der Waals surface area contributed by atoms with Gasteiger partial charge in [0.15, 0.2) is 0 Å². The van der Waals surface area contributed by atoms with Gasteiger partial charge in [-0.1, -0.05) is 29.4 Å². The van der Waals surface area contributed by atoms with Gasteiger partial charge in [-0.3, -0.25) is 4.79 Å². The van der Waals surface area contributed by atoms with Crippen molar-refractivity contribution in [3.8, 4) is 17.1 Å². The number of ether oxygens (including phenoxy) is 2. The number of carbonyl (C=O) groups is 2. The quantitative estimate of drug-likeness (QED) is 0.347. The fraction of sp³-hybridized carbons (Fsp3) is 0.143. The van der Waals surface area contributed by atoms with Crippen LogP contribution in [0.1, 0.15) is 22.7 Å². The number of aryl methyl sites for hydroxylation is 1. The summed E-state index contributed by atoms with van der Waals surface area (Å²) in [6.07, 6.45) is 0.260. The summed E-state index contributed by atoms with van der Waals surface area (Å²) in [6, 6.07) is 12.7. The predicted molar refractivity (Wildman–Crippen MR) is 107 cm³/mol. The molecule has 0 N–H and O–H groups in total. The second-order valence-electron chi connectivity index (χ2n) is 6.18. The van der Waals surface area contributed by atoms with Crippen molar-refractivity contribution < 1.29 is 23.6 Å². The van der Waals surface area contributed by atoms with Gasteiger partial charge in [-0.05, 0) is 34.4 Å². The standard InChI is InChI=1S/C21H16N2O5S/c1-26-21(25)16-10-13-4-2-3-5-14(13)11-17(16)27-19(24)7-6-18-22-20(23-28-18)15-8-9-29-12-15/h2-5,8-12H,6-7H2,1H3. The molecule has 0 amide bonds. The summed E-state index contributed by atoms with van der Waals surface area (Å²) in [6.45, 7) is 0. The number of benzene rings is 2. The fourth-order valence-electron chi connectivity index (χ4n) is 2.82. The van der Waals surface area contributed by atoms with Crippen LogP contribution in [0, 0.1) is 0 Å². The molecule has 0 aliphatic rings. The summed E-state index contributed by atoms with van der Waals surface area (Å²) in [4.78, 5) is 28.7. The third-order valence-electron chi connectivity index (χ3n) is 4.27. The first kappa shape index (κ1) is 18.8. The Hall–Kier alpha value is -3.52. The molecular formula is C21H16N2O5S. The molecule has 0 aliphatic heterocycles. The van der Waals surface area contributed by atoms with Crippen molar-refractivity contribution in [1.29, 1.82) is 0 Å². The maximum atomic E-state index is 12.4. The summed E-state index contributed by atoms with van der Waals surface area (Å²) in [5.74, 6) is -0.103. The van der Waals surface area contributed by atoms with E-state index in [9.17, 15) is 9.59 Å². The number of esters is 2. The summed E-state index contributed by atoms with van der Waals surface area (Å²) in [5.41, 5.74) is 1.06. The molecule has 0 saturated carbocycles. The van der Waals surface area contributed by atoms with E-state index in [1.807, 2.05) is 41.1 Å². The fourth-order valence-corrected chi connectivity index (χ4v) is 3.46. The van der Waals surface area contributed by atoms with E-state index in [1.54, 1.807) is 12.1 Å². The minimum absolute atomic E-state index is 0.0265. The Labute approximate surface area is 169 Å². The van der Waals surface area contributed by atoms with E-state index in [0.717, 1.165) is 16.3 Å². The minimum atomic E-state index is -0.573. The first-order valence-electron chi connectivity index (χ1n) is 8.81. The van der Waals surface area contributed by atoms with E-state index in [0.29, 0.717) is 11.7 Å². The van der Waals surface area contributed by atoms with Gasteiger partial charge in [-0.25, -0.2) is 4.79 Å². The number of carbonyl (C=O) groups excluding carboxylic acids is 2. The molecule has 146 valence electrons. The van der Waals surface area contributed by atoms with Gasteiger partial charge in [0.05, 0.1) is 13.5 Å². The molecule has 4 aromatic rings. The maximum Gasteiger partial charge on any atom is 0.341 e. The van der Waals surface area contributed by atoms with Crippen molar-refractivity contribution >= 4 is 34.0 Å². The molecule has 0 radical (unpaired) electrons. The van der Waals surface area contributed by atoms with Crippen molar-refractivity contribution in [2.75, 3.05) is 7.11 Å². The largest absolute Gasteiger partial charge is 0.465 e. The highest BCUT2D eigenvalue weighted by Crippen LogP contribution is 2.27. The van der Waals surface area contributed by atoms with Gasteiger partial charge < -0.3 is 14.0 Å². The third-order valence-corrected chi connectivity index (χ3v) is 4.95. The molecule has 0 fully saturated rings. The Balaban J connectivity index is 1.48. The zero-order valence-corrected chi connectivity index (χ0v) is 16.3. The number of fused-ring (bicyclic) bond motifs is 1. The SMILES string of the molecule is COC(=O)c1cc2ccccc2cc1OC(=O)CCc1nc(-c2ccsc2)no1. The number of aromatic nitrogens is 2. The smallest absolute Gasteiger partial charge is 0.341 e. The van der Waals surface area contributed by atoms with Crippen molar-refractivity contribution in [2.45, 2.75) is 12.8 Å². The number of nitrogens with zero attached hydrogens (tertiary/aromatic N) is 2. The zero-order chi connectivity index (χ0) is 20.2. The molecule has 8 heteroatoms. The Kier molecular flexibility index (Phi) is 5.35. The average molecular weight is 408 g/mol. The summed E-state index contributed by atoms with van der Waals surface area (Å²) < 4.78 is 15.4. The first-order chi connectivity index (χ1) is 14.1. The normalized spacial score (nSPS) is 10.8. The molecule has 2 heterocycles.